The van der Waals surface area contributed by atoms with Crippen LogP contribution >= 0.6 is 27.5 Å². The van der Waals surface area contributed by atoms with Crippen molar-refractivity contribution in [1.82, 2.24) is 9.97 Å². The summed E-state index contributed by atoms with van der Waals surface area (Å²) in [7, 11) is 1.86. The van der Waals surface area contributed by atoms with E-state index in [-0.39, 0.29) is 0 Å². The average molecular weight is 363 g/mol. The summed E-state index contributed by atoms with van der Waals surface area (Å²) in [6.45, 7) is 1.98. The molecule has 0 aliphatic rings. The summed E-state index contributed by atoms with van der Waals surface area (Å²) < 4.78 is 1.00. The average Bonchev–Trinajstić information content (AvgIpc) is 2.49. The third-order valence-electron chi connectivity index (χ3n) is 3.40. The molecule has 1 N–H and O–H groups in total. The molecular formula is C16H13BrClN3. The van der Waals surface area contributed by atoms with Crippen molar-refractivity contribution in [3.05, 3.63) is 51.5 Å². The first-order valence-corrected chi connectivity index (χ1v) is 7.68. The second-order valence-corrected chi connectivity index (χ2v) is 6.04. The molecule has 0 atom stereocenters. The lowest BCUT2D eigenvalue weighted by molar-refractivity contribution is 1.20. The number of fused-ring (bicyclic) bond motifs is 1. The molecule has 2 aromatic carbocycles. The highest BCUT2D eigenvalue weighted by atomic mass is 79.9. The number of hydrogen-bond acceptors (Lipinski definition) is 3. The molecule has 0 unspecified atom stereocenters. The largest absolute Gasteiger partial charge is 0.373 e. The van der Waals surface area contributed by atoms with Gasteiger partial charge in [0.05, 0.1) is 5.52 Å². The maximum absolute atomic E-state index is 6.20. The Morgan fingerprint density at radius 1 is 1.14 bits per heavy atom. The summed E-state index contributed by atoms with van der Waals surface area (Å²) in [5, 5.41) is 4.84. The van der Waals surface area contributed by atoms with Crippen LogP contribution in [0, 0.1) is 6.92 Å². The molecule has 0 saturated heterocycles. The van der Waals surface area contributed by atoms with Crippen molar-refractivity contribution in [2.45, 2.75) is 6.92 Å². The van der Waals surface area contributed by atoms with E-state index in [2.05, 4.69) is 31.2 Å². The molecule has 0 spiro atoms. The molecule has 0 fully saturated rings. The van der Waals surface area contributed by atoms with Crippen LogP contribution in [0.2, 0.25) is 5.02 Å². The molecule has 1 heterocycles. The van der Waals surface area contributed by atoms with Gasteiger partial charge >= 0.3 is 0 Å². The number of rotatable bonds is 2. The number of nitrogens with one attached hydrogen (secondary N) is 1. The van der Waals surface area contributed by atoms with Crippen LogP contribution in [-0.2, 0) is 0 Å². The molecule has 3 nitrogen and oxygen atoms in total. The molecule has 0 radical (unpaired) electrons. The molecule has 5 heteroatoms. The minimum absolute atomic E-state index is 0.675. The first kappa shape index (κ1) is 14.3. The van der Waals surface area contributed by atoms with Crippen molar-refractivity contribution in [2.75, 3.05) is 12.4 Å². The Kier molecular flexibility index (Phi) is 3.83. The van der Waals surface area contributed by atoms with E-state index in [1.807, 2.05) is 50.4 Å². The maximum atomic E-state index is 6.20. The van der Waals surface area contributed by atoms with Crippen molar-refractivity contribution in [3.8, 4) is 11.4 Å². The van der Waals surface area contributed by atoms with Crippen LogP contribution in [0.1, 0.15) is 5.56 Å². The molecular weight excluding hydrogens is 350 g/mol. The highest BCUT2D eigenvalue weighted by molar-refractivity contribution is 9.10. The predicted octanol–water partition coefficient (Wildman–Crippen LogP) is 5.06. The fourth-order valence-corrected chi connectivity index (χ4v) is 2.80. The Balaban J connectivity index is 2.29. The number of halogens is 2. The van der Waals surface area contributed by atoms with Crippen molar-refractivity contribution in [1.29, 1.82) is 0 Å². The van der Waals surface area contributed by atoms with E-state index in [9.17, 15) is 0 Å². The number of nitrogens with zero attached hydrogens (tertiary/aromatic N) is 2. The quantitative estimate of drug-likeness (QED) is 0.692. The lowest BCUT2D eigenvalue weighted by atomic mass is 10.1. The van der Waals surface area contributed by atoms with E-state index in [1.165, 1.54) is 0 Å². The molecule has 0 amide bonds. The fourth-order valence-electron chi connectivity index (χ4n) is 2.26. The van der Waals surface area contributed by atoms with Crippen LogP contribution < -0.4 is 5.32 Å². The Hall–Kier alpha value is -1.65. The Labute approximate surface area is 136 Å². The molecule has 0 aliphatic carbocycles. The van der Waals surface area contributed by atoms with Crippen molar-refractivity contribution in [3.63, 3.8) is 0 Å². The number of hydrogen-bond donors (Lipinski definition) is 1. The number of aromatic nitrogens is 2. The van der Waals surface area contributed by atoms with Crippen molar-refractivity contribution >= 4 is 44.3 Å². The minimum atomic E-state index is 0.675. The molecule has 3 rings (SSSR count). The fraction of sp³-hybridized carbons (Fsp3) is 0.125. The van der Waals surface area contributed by atoms with E-state index in [4.69, 9.17) is 11.6 Å². The molecule has 0 aliphatic heterocycles. The summed E-state index contributed by atoms with van der Waals surface area (Å²) in [6.07, 6.45) is 0. The van der Waals surface area contributed by atoms with Crippen molar-refractivity contribution in [2.24, 2.45) is 0 Å². The molecule has 1 aromatic heterocycles. The molecule has 21 heavy (non-hydrogen) atoms. The maximum Gasteiger partial charge on any atom is 0.162 e. The zero-order valence-corrected chi connectivity index (χ0v) is 14.0. The van der Waals surface area contributed by atoms with Crippen LogP contribution in [0.4, 0.5) is 5.82 Å². The van der Waals surface area contributed by atoms with Crippen LogP contribution in [0.5, 0.6) is 0 Å². The first-order chi connectivity index (χ1) is 10.1. The van der Waals surface area contributed by atoms with E-state index in [0.29, 0.717) is 5.82 Å². The van der Waals surface area contributed by atoms with Gasteiger partial charge in [0.2, 0.25) is 0 Å². The Bertz CT molecular complexity index is 833. The van der Waals surface area contributed by atoms with E-state index in [0.717, 1.165) is 37.3 Å². The van der Waals surface area contributed by atoms with Gasteiger partial charge in [-0.05, 0) is 36.8 Å². The smallest absolute Gasteiger partial charge is 0.162 e. The summed E-state index contributed by atoms with van der Waals surface area (Å²) >= 11 is 9.68. The van der Waals surface area contributed by atoms with Gasteiger partial charge in [-0.3, -0.25) is 0 Å². The summed E-state index contributed by atoms with van der Waals surface area (Å²) in [5.41, 5.74) is 2.83. The van der Waals surface area contributed by atoms with Gasteiger partial charge in [0.15, 0.2) is 5.82 Å². The molecule has 0 saturated carbocycles. The van der Waals surface area contributed by atoms with Gasteiger partial charge in [0, 0.05) is 27.5 Å². The van der Waals surface area contributed by atoms with Gasteiger partial charge in [-0.25, -0.2) is 9.97 Å². The van der Waals surface area contributed by atoms with Gasteiger partial charge in [0.25, 0.3) is 0 Å². The third-order valence-corrected chi connectivity index (χ3v) is 4.31. The standard InChI is InChI=1S/C16H13BrClN3/c1-9-11(4-3-5-13(9)18)16-20-14-7-6-10(17)8-12(14)15(19-2)21-16/h3-8H,1-2H3,(H,19,20,21). The van der Waals surface area contributed by atoms with Gasteiger partial charge in [-0.15, -0.1) is 0 Å². The van der Waals surface area contributed by atoms with E-state index >= 15 is 0 Å². The zero-order chi connectivity index (χ0) is 15.0. The first-order valence-electron chi connectivity index (χ1n) is 6.50. The highest BCUT2D eigenvalue weighted by Gasteiger charge is 2.12. The van der Waals surface area contributed by atoms with Gasteiger partial charge in [-0.2, -0.15) is 0 Å². The summed E-state index contributed by atoms with van der Waals surface area (Å²) in [5.74, 6) is 1.48. The van der Waals surface area contributed by atoms with E-state index in [1.54, 1.807) is 0 Å². The SMILES string of the molecule is CNc1nc(-c2cccc(Cl)c2C)nc2ccc(Br)cc12. The van der Waals surface area contributed by atoms with Crippen LogP contribution in [0.3, 0.4) is 0 Å². The third kappa shape index (κ3) is 2.61. The zero-order valence-electron chi connectivity index (χ0n) is 11.6. The topological polar surface area (TPSA) is 37.8 Å². The van der Waals surface area contributed by atoms with Crippen LogP contribution in [0.25, 0.3) is 22.3 Å². The lowest BCUT2D eigenvalue weighted by Crippen LogP contribution is -1.99. The minimum Gasteiger partial charge on any atom is -0.373 e. The molecule has 3 aromatic rings. The molecule has 106 valence electrons. The number of anilines is 1. The number of benzene rings is 2. The van der Waals surface area contributed by atoms with Gasteiger partial charge in [-0.1, -0.05) is 39.7 Å². The second kappa shape index (κ2) is 5.62. The van der Waals surface area contributed by atoms with Gasteiger partial charge < -0.3 is 5.32 Å². The Morgan fingerprint density at radius 3 is 2.71 bits per heavy atom. The van der Waals surface area contributed by atoms with Crippen molar-refractivity contribution < 1.29 is 0 Å². The normalized spacial score (nSPS) is 10.9. The lowest BCUT2D eigenvalue weighted by Gasteiger charge is -2.11. The van der Waals surface area contributed by atoms with E-state index < -0.39 is 0 Å². The monoisotopic (exact) mass is 361 g/mol. The summed E-state index contributed by atoms with van der Waals surface area (Å²) in [6, 6.07) is 11.7. The van der Waals surface area contributed by atoms with Gasteiger partial charge in [0.1, 0.15) is 5.82 Å². The predicted molar refractivity (Wildman–Crippen MR) is 92.0 cm³/mol. The highest BCUT2D eigenvalue weighted by Crippen LogP contribution is 2.30. The second-order valence-electron chi connectivity index (χ2n) is 4.72. The van der Waals surface area contributed by atoms with Crippen LogP contribution in [-0.4, -0.2) is 17.0 Å². The Morgan fingerprint density at radius 2 is 1.95 bits per heavy atom. The summed E-state index contributed by atoms with van der Waals surface area (Å²) in [4.78, 5) is 9.30. The van der Waals surface area contributed by atoms with Crippen LogP contribution in [0.15, 0.2) is 40.9 Å². The molecule has 0 bridgehead atoms.